The molecule has 2 rings (SSSR count). The SMILES string of the molecule is Cc1ncsc1/C=C/c1ccc(N)cc1. The Morgan fingerprint density at radius 3 is 2.53 bits per heavy atom. The number of nitrogens with two attached hydrogens (primary N) is 1. The molecule has 0 amide bonds. The van der Waals surface area contributed by atoms with Crippen LogP contribution < -0.4 is 5.73 Å². The summed E-state index contributed by atoms with van der Waals surface area (Å²) in [6.07, 6.45) is 4.15. The van der Waals surface area contributed by atoms with Crippen molar-refractivity contribution in [3.05, 3.63) is 45.9 Å². The summed E-state index contributed by atoms with van der Waals surface area (Å²) < 4.78 is 0. The van der Waals surface area contributed by atoms with Crippen LogP contribution in [0.4, 0.5) is 5.69 Å². The molecule has 0 unspecified atom stereocenters. The van der Waals surface area contributed by atoms with Gasteiger partial charge >= 0.3 is 0 Å². The first-order valence-electron chi connectivity index (χ1n) is 4.69. The van der Waals surface area contributed by atoms with Crippen molar-refractivity contribution in [3.8, 4) is 0 Å². The van der Waals surface area contributed by atoms with Gasteiger partial charge in [0.25, 0.3) is 0 Å². The lowest BCUT2D eigenvalue weighted by Crippen LogP contribution is -1.82. The van der Waals surface area contributed by atoms with Gasteiger partial charge in [-0.25, -0.2) is 4.98 Å². The molecule has 3 heteroatoms. The molecule has 15 heavy (non-hydrogen) atoms. The molecular weight excluding hydrogens is 204 g/mol. The number of hydrogen-bond donors (Lipinski definition) is 1. The third-order valence-corrected chi connectivity index (χ3v) is 3.04. The molecule has 0 radical (unpaired) electrons. The van der Waals surface area contributed by atoms with Crippen molar-refractivity contribution in [2.24, 2.45) is 0 Å². The Balaban J connectivity index is 2.19. The van der Waals surface area contributed by atoms with E-state index in [-0.39, 0.29) is 0 Å². The highest BCUT2D eigenvalue weighted by Gasteiger charge is 1.95. The predicted molar refractivity (Wildman–Crippen MR) is 66.6 cm³/mol. The van der Waals surface area contributed by atoms with E-state index in [1.54, 1.807) is 11.3 Å². The molecule has 0 saturated heterocycles. The molecule has 0 atom stereocenters. The molecule has 0 fully saturated rings. The normalized spacial score (nSPS) is 11.0. The van der Waals surface area contributed by atoms with Crippen LogP contribution in [0.15, 0.2) is 29.8 Å². The predicted octanol–water partition coefficient (Wildman–Crippen LogP) is 3.20. The minimum absolute atomic E-state index is 0.793. The molecule has 2 N–H and O–H groups in total. The van der Waals surface area contributed by atoms with Gasteiger partial charge in [-0.1, -0.05) is 18.2 Å². The van der Waals surface area contributed by atoms with E-state index in [2.05, 4.69) is 17.1 Å². The van der Waals surface area contributed by atoms with Crippen molar-refractivity contribution in [2.45, 2.75) is 6.92 Å². The van der Waals surface area contributed by atoms with E-state index in [0.717, 1.165) is 16.9 Å². The highest BCUT2D eigenvalue weighted by Crippen LogP contribution is 2.16. The molecule has 1 aromatic carbocycles. The summed E-state index contributed by atoms with van der Waals surface area (Å²) in [5.41, 5.74) is 10.5. The standard InChI is InChI=1S/C12H12N2S/c1-9-12(15-8-14-9)7-4-10-2-5-11(13)6-3-10/h2-8H,13H2,1H3/b7-4+. The van der Waals surface area contributed by atoms with Gasteiger partial charge in [-0.05, 0) is 30.7 Å². The molecule has 0 aliphatic rings. The monoisotopic (exact) mass is 216 g/mol. The van der Waals surface area contributed by atoms with Gasteiger partial charge in [0.05, 0.1) is 11.2 Å². The molecule has 0 spiro atoms. The van der Waals surface area contributed by atoms with Crippen LogP contribution in [-0.4, -0.2) is 4.98 Å². The summed E-state index contributed by atoms with van der Waals surface area (Å²) in [5.74, 6) is 0. The molecule has 1 aromatic heterocycles. The van der Waals surface area contributed by atoms with Crippen molar-refractivity contribution in [1.29, 1.82) is 0 Å². The lowest BCUT2D eigenvalue weighted by atomic mass is 10.2. The molecule has 2 nitrogen and oxygen atoms in total. The van der Waals surface area contributed by atoms with Crippen molar-refractivity contribution in [3.63, 3.8) is 0 Å². The lowest BCUT2D eigenvalue weighted by Gasteiger charge is -1.94. The largest absolute Gasteiger partial charge is 0.399 e. The van der Waals surface area contributed by atoms with Gasteiger partial charge in [0.1, 0.15) is 0 Å². The summed E-state index contributed by atoms with van der Waals surface area (Å²) in [6, 6.07) is 7.81. The van der Waals surface area contributed by atoms with E-state index in [1.807, 2.05) is 36.7 Å². The number of rotatable bonds is 2. The van der Waals surface area contributed by atoms with Gasteiger partial charge < -0.3 is 5.73 Å². The second kappa shape index (κ2) is 4.28. The Morgan fingerprint density at radius 2 is 1.93 bits per heavy atom. The van der Waals surface area contributed by atoms with Gasteiger partial charge in [-0.2, -0.15) is 0 Å². The van der Waals surface area contributed by atoms with E-state index in [1.165, 1.54) is 4.88 Å². The third kappa shape index (κ3) is 2.44. The maximum absolute atomic E-state index is 5.61. The number of benzene rings is 1. The van der Waals surface area contributed by atoms with Crippen LogP contribution in [0.25, 0.3) is 12.2 Å². The van der Waals surface area contributed by atoms with Crippen molar-refractivity contribution >= 4 is 29.2 Å². The minimum Gasteiger partial charge on any atom is -0.399 e. The average molecular weight is 216 g/mol. The van der Waals surface area contributed by atoms with Gasteiger partial charge in [0.2, 0.25) is 0 Å². The first-order valence-corrected chi connectivity index (χ1v) is 5.57. The topological polar surface area (TPSA) is 38.9 Å². The first kappa shape index (κ1) is 9.93. The molecule has 0 bridgehead atoms. The van der Waals surface area contributed by atoms with Crippen LogP contribution in [0, 0.1) is 6.92 Å². The Labute approximate surface area is 93.1 Å². The van der Waals surface area contributed by atoms with Gasteiger partial charge in [-0.3, -0.25) is 0 Å². The molecule has 0 aliphatic heterocycles. The van der Waals surface area contributed by atoms with E-state index in [4.69, 9.17) is 5.73 Å². The number of aromatic nitrogens is 1. The Bertz CT molecular complexity index is 469. The van der Waals surface area contributed by atoms with Crippen molar-refractivity contribution in [2.75, 3.05) is 5.73 Å². The van der Waals surface area contributed by atoms with Crippen LogP contribution >= 0.6 is 11.3 Å². The number of anilines is 1. The van der Waals surface area contributed by atoms with E-state index >= 15 is 0 Å². The maximum atomic E-state index is 5.61. The zero-order valence-electron chi connectivity index (χ0n) is 8.47. The second-order valence-electron chi connectivity index (χ2n) is 3.30. The molecule has 0 saturated carbocycles. The summed E-state index contributed by atoms with van der Waals surface area (Å²) in [6.45, 7) is 2.01. The fourth-order valence-corrected chi connectivity index (χ4v) is 1.94. The number of aryl methyl sites for hydroxylation is 1. The summed E-state index contributed by atoms with van der Waals surface area (Å²) >= 11 is 1.65. The van der Waals surface area contributed by atoms with Crippen molar-refractivity contribution < 1.29 is 0 Å². The van der Waals surface area contributed by atoms with Crippen LogP contribution in [0.1, 0.15) is 16.1 Å². The van der Waals surface area contributed by atoms with Gasteiger partial charge in [-0.15, -0.1) is 11.3 Å². The Morgan fingerprint density at radius 1 is 1.20 bits per heavy atom. The summed E-state index contributed by atoms with van der Waals surface area (Å²) in [4.78, 5) is 5.39. The fraction of sp³-hybridized carbons (Fsp3) is 0.0833. The zero-order valence-corrected chi connectivity index (χ0v) is 9.29. The number of nitrogens with zero attached hydrogens (tertiary/aromatic N) is 1. The summed E-state index contributed by atoms with van der Waals surface area (Å²) in [5, 5.41) is 0. The van der Waals surface area contributed by atoms with Crippen LogP contribution in [0.3, 0.4) is 0 Å². The number of thiazole rings is 1. The second-order valence-corrected chi connectivity index (χ2v) is 4.19. The first-order chi connectivity index (χ1) is 7.25. The summed E-state index contributed by atoms with van der Waals surface area (Å²) in [7, 11) is 0. The highest BCUT2D eigenvalue weighted by molar-refractivity contribution is 7.10. The van der Waals surface area contributed by atoms with Crippen LogP contribution in [0.2, 0.25) is 0 Å². The average Bonchev–Trinajstić information content (AvgIpc) is 2.63. The van der Waals surface area contributed by atoms with Crippen LogP contribution in [-0.2, 0) is 0 Å². The zero-order chi connectivity index (χ0) is 10.7. The van der Waals surface area contributed by atoms with Gasteiger partial charge in [0.15, 0.2) is 0 Å². The smallest absolute Gasteiger partial charge is 0.0801 e. The molecular formula is C12H12N2S. The molecule has 2 aromatic rings. The Hall–Kier alpha value is -1.61. The van der Waals surface area contributed by atoms with E-state index in [9.17, 15) is 0 Å². The van der Waals surface area contributed by atoms with Crippen LogP contribution in [0.5, 0.6) is 0 Å². The highest BCUT2D eigenvalue weighted by atomic mass is 32.1. The Kier molecular flexibility index (Phi) is 2.83. The van der Waals surface area contributed by atoms with Crippen molar-refractivity contribution in [1.82, 2.24) is 4.98 Å². The molecule has 0 aliphatic carbocycles. The fourth-order valence-electron chi connectivity index (χ4n) is 1.25. The quantitative estimate of drug-likeness (QED) is 0.783. The minimum atomic E-state index is 0.793. The lowest BCUT2D eigenvalue weighted by molar-refractivity contribution is 1.26. The molecule has 1 heterocycles. The van der Waals surface area contributed by atoms with E-state index in [0.29, 0.717) is 0 Å². The molecule has 76 valence electrons. The third-order valence-electron chi connectivity index (χ3n) is 2.15. The van der Waals surface area contributed by atoms with Gasteiger partial charge in [0, 0.05) is 10.6 Å². The van der Waals surface area contributed by atoms with E-state index < -0.39 is 0 Å². The number of hydrogen-bond acceptors (Lipinski definition) is 3. The maximum Gasteiger partial charge on any atom is 0.0801 e. The number of nitrogen functional groups attached to an aromatic ring is 1.